The average molecular weight is 519 g/mol. The van der Waals surface area contributed by atoms with E-state index in [0.717, 1.165) is 56.0 Å². The molecule has 1 heterocycles. The molecule has 0 bridgehead atoms. The first-order valence-corrected chi connectivity index (χ1v) is 12.5. The number of benzene rings is 1. The summed E-state index contributed by atoms with van der Waals surface area (Å²) in [5, 5.41) is 0. The van der Waals surface area contributed by atoms with E-state index < -0.39 is 0 Å². The van der Waals surface area contributed by atoms with Gasteiger partial charge in [0, 0.05) is 6.42 Å². The zero-order valence-corrected chi connectivity index (χ0v) is 19.9. The van der Waals surface area contributed by atoms with E-state index in [2.05, 4.69) is 0 Å². The Kier molecular flexibility index (Phi) is 8.02. The second kappa shape index (κ2) is 10.0. The van der Waals surface area contributed by atoms with E-state index in [-0.39, 0.29) is 11.9 Å². The molecule has 0 saturated heterocycles. The molecule has 1 aliphatic rings. The number of nitrogens with zero attached hydrogens (tertiary/aromatic N) is 1. The van der Waals surface area contributed by atoms with E-state index in [4.69, 9.17) is 9.47 Å². The van der Waals surface area contributed by atoms with E-state index in [1.165, 1.54) is 10.4 Å². The van der Waals surface area contributed by atoms with Crippen molar-refractivity contribution in [2.75, 3.05) is 19.8 Å². The molecule has 0 aliphatic carbocycles. The van der Waals surface area contributed by atoms with Crippen LogP contribution in [0.1, 0.15) is 48.5 Å². The SMILES string of the molecule is CCOC(=O)CCCOc1ccc2c(c1)CN(CCC[CH2][Hg])C2=O. The molecule has 127 valence electrons. The zero-order chi connectivity index (χ0) is 17.4. The van der Waals surface area contributed by atoms with Gasteiger partial charge in [-0.25, -0.2) is 0 Å². The number of hydrogen-bond acceptors (Lipinski definition) is 4. The first-order chi connectivity index (χ1) is 11.7. The number of hydrogen-bond donors (Lipinski definition) is 0. The van der Waals surface area contributed by atoms with E-state index in [1.54, 1.807) is 6.92 Å². The summed E-state index contributed by atoms with van der Waals surface area (Å²) in [6.45, 7) is 4.21. The molecule has 0 unspecified atom stereocenters. The third-order valence-corrected chi connectivity index (χ3v) is 5.93. The van der Waals surface area contributed by atoms with Crippen LogP contribution in [-0.2, 0) is 42.2 Å². The molecule has 0 radical (unpaired) electrons. The maximum absolute atomic E-state index is 12.3. The fourth-order valence-electron chi connectivity index (χ4n) is 2.75. The van der Waals surface area contributed by atoms with Crippen molar-refractivity contribution in [2.24, 2.45) is 0 Å². The summed E-state index contributed by atoms with van der Waals surface area (Å²) in [5.41, 5.74) is 1.83. The minimum atomic E-state index is -0.188. The molecule has 1 aromatic carbocycles. The molecule has 0 fully saturated rings. The molecule has 0 aromatic heterocycles. The van der Waals surface area contributed by atoms with Crippen molar-refractivity contribution in [2.45, 2.75) is 43.1 Å². The van der Waals surface area contributed by atoms with E-state index in [9.17, 15) is 9.59 Å². The first kappa shape index (κ1) is 19.2. The summed E-state index contributed by atoms with van der Waals surface area (Å²) in [5.74, 6) is 0.707. The van der Waals surface area contributed by atoms with Crippen molar-refractivity contribution in [1.29, 1.82) is 0 Å². The van der Waals surface area contributed by atoms with Crippen LogP contribution in [0.3, 0.4) is 0 Å². The van der Waals surface area contributed by atoms with Crippen LogP contribution in [0.5, 0.6) is 5.75 Å². The van der Waals surface area contributed by atoms with Crippen LogP contribution in [0.4, 0.5) is 0 Å². The molecule has 24 heavy (non-hydrogen) atoms. The van der Waals surface area contributed by atoms with Gasteiger partial charge in [0.1, 0.15) is 0 Å². The Morgan fingerprint density at radius 2 is 2.12 bits per heavy atom. The van der Waals surface area contributed by atoms with Crippen LogP contribution >= 0.6 is 0 Å². The monoisotopic (exact) mass is 520 g/mol. The normalized spacial score (nSPS) is 13.1. The van der Waals surface area contributed by atoms with Gasteiger partial charge in [0.05, 0.1) is 6.61 Å². The van der Waals surface area contributed by atoms with Gasteiger partial charge in [-0.3, -0.25) is 4.79 Å². The number of carbonyl (C=O) groups excluding carboxylic acids is 2. The number of carbonyl (C=O) groups is 2. The fraction of sp³-hybridized carbons (Fsp3) is 0.556. The van der Waals surface area contributed by atoms with Crippen LogP contribution in [-0.4, -0.2) is 36.5 Å². The van der Waals surface area contributed by atoms with Gasteiger partial charge < -0.3 is 4.74 Å². The third-order valence-electron chi connectivity index (χ3n) is 3.98. The Bertz CT molecular complexity index is 576. The summed E-state index contributed by atoms with van der Waals surface area (Å²) in [4.78, 5) is 25.5. The van der Waals surface area contributed by atoms with Gasteiger partial charge in [0.2, 0.25) is 0 Å². The number of rotatable bonds is 10. The molecular weight excluding hydrogens is 495 g/mol. The summed E-state index contributed by atoms with van der Waals surface area (Å²) in [7, 11) is 0. The van der Waals surface area contributed by atoms with Crippen LogP contribution in [0.25, 0.3) is 0 Å². The number of esters is 1. The van der Waals surface area contributed by atoms with Gasteiger partial charge in [0.15, 0.2) is 0 Å². The minimum absolute atomic E-state index is 0.136. The number of unbranched alkanes of at least 4 members (excludes halogenated alkanes) is 1. The average Bonchev–Trinajstić information content (AvgIpc) is 2.88. The summed E-state index contributed by atoms with van der Waals surface area (Å²) in [6.07, 6.45) is 3.33. The molecule has 0 atom stereocenters. The number of fused-ring (bicyclic) bond motifs is 1. The van der Waals surface area contributed by atoms with Gasteiger partial charge in [-0.15, -0.1) is 0 Å². The van der Waals surface area contributed by atoms with Crippen LogP contribution in [0.2, 0.25) is 3.93 Å². The maximum atomic E-state index is 12.3. The first-order valence-electron chi connectivity index (χ1n) is 8.65. The molecule has 1 aromatic rings. The Hall–Kier alpha value is -1.10. The van der Waals surface area contributed by atoms with E-state index >= 15 is 0 Å². The Labute approximate surface area is 159 Å². The van der Waals surface area contributed by atoms with Crippen molar-refractivity contribution in [3.63, 3.8) is 0 Å². The van der Waals surface area contributed by atoms with Gasteiger partial charge in [-0.1, -0.05) is 0 Å². The molecule has 1 aliphatic heterocycles. The second-order valence-electron chi connectivity index (χ2n) is 5.86. The number of ether oxygens (including phenoxy) is 2. The second-order valence-corrected chi connectivity index (χ2v) is 8.61. The topological polar surface area (TPSA) is 55.8 Å². The number of amides is 1. The van der Waals surface area contributed by atoms with Crippen molar-refractivity contribution in [3.8, 4) is 5.75 Å². The zero-order valence-electron chi connectivity index (χ0n) is 14.4. The summed E-state index contributed by atoms with van der Waals surface area (Å²) < 4.78 is 11.9. The van der Waals surface area contributed by atoms with Crippen LogP contribution in [0, 0.1) is 0 Å². The van der Waals surface area contributed by atoms with Crippen LogP contribution < -0.4 is 4.74 Å². The molecule has 0 spiro atoms. The fourth-order valence-corrected chi connectivity index (χ4v) is 4.12. The summed E-state index contributed by atoms with van der Waals surface area (Å²) in [6, 6.07) is 5.64. The standard InChI is InChI=1S/C18H24NO4.Hg/c1-3-5-10-19-13-14-12-15(8-9-16(14)18(19)21)23-11-6-7-17(20)22-4-2;/h8-9,12H,1,3-7,10-11,13H2,2H3;. The van der Waals surface area contributed by atoms with Crippen molar-refractivity contribution in [1.82, 2.24) is 4.90 Å². The molecule has 0 saturated carbocycles. The quantitative estimate of drug-likeness (QED) is 0.271. The van der Waals surface area contributed by atoms with Crippen molar-refractivity contribution >= 4 is 11.9 Å². The third kappa shape index (κ3) is 5.47. The molecular formula is C18H24HgNO4. The molecule has 2 rings (SSSR count). The molecule has 6 heteroatoms. The molecule has 5 nitrogen and oxygen atoms in total. The van der Waals surface area contributed by atoms with Gasteiger partial charge in [-0.2, -0.15) is 0 Å². The van der Waals surface area contributed by atoms with Gasteiger partial charge >= 0.3 is 130 Å². The van der Waals surface area contributed by atoms with Crippen LogP contribution in [0.15, 0.2) is 18.2 Å². The Balaban J connectivity index is 1.81. The van der Waals surface area contributed by atoms with Crippen molar-refractivity contribution in [3.05, 3.63) is 29.3 Å². The Morgan fingerprint density at radius 3 is 2.88 bits per heavy atom. The summed E-state index contributed by atoms with van der Waals surface area (Å²) >= 11 is 0.861. The van der Waals surface area contributed by atoms with E-state index in [1.807, 2.05) is 23.1 Å². The predicted octanol–water partition coefficient (Wildman–Crippen LogP) is 3.11. The van der Waals surface area contributed by atoms with E-state index in [0.29, 0.717) is 32.6 Å². The molecule has 1 amide bonds. The predicted molar refractivity (Wildman–Crippen MR) is 86.6 cm³/mol. The Morgan fingerprint density at radius 1 is 1.29 bits per heavy atom. The van der Waals surface area contributed by atoms with Gasteiger partial charge in [-0.05, 0) is 6.92 Å². The van der Waals surface area contributed by atoms with Gasteiger partial charge in [0.25, 0.3) is 0 Å². The molecule has 0 N–H and O–H groups in total. The van der Waals surface area contributed by atoms with Crippen molar-refractivity contribution < 1.29 is 45.2 Å².